The summed E-state index contributed by atoms with van der Waals surface area (Å²) in [5.41, 5.74) is 1.91. The fourth-order valence-electron chi connectivity index (χ4n) is 4.39. The second kappa shape index (κ2) is 9.29. The van der Waals surface area contributed by atoms with Gasteiger partial charge in [-0.1, -0.05) is 11.3 Å². The van der Waals surface area contributed by atoms with E-state index >= 15 is 4.39 Å². The van der Waals surface area contributed by atoms with E-state index < -0.39 is 24.5 Å². The summed E-state index contributed by atoms with van der Waals surface area (Å²) in [5, 5.41) is 15.3. The third-order valence-electron chi connectivity index (χ3n) is 6.17. The Hall–Kier alpha value is -3.48. The van der Waals surface area contributed by atoms with Gasteiger partial charge in [-0.2, -0.15) is 4.98 Å². The zero-order valence-electron chi connectivity index (χ0n) is 19.1. The maximum Gasteiger partial charge on any atom is 0.244 e. The number of rotatable bonds is 7. The number of aryl methyl sites for hydroxylation is 1. The zero-order valence-corrected chi connectivity index (χ0v) is 19.1. The molecule has 1 aliphatic heterocycles. The van der Waals surface area contributed by atoms with Gasteiger partial charge >= 0.3 is 0 Å². The van der Waals surface area contributed by atoms with E-state index in [9.17, 15) is 13.2 Å². The number of piperidine rings is 1. The van der Waals surface area contributed by atoms with Gasteiger partial charge < -0.3 is 15.0 Å². The van der Waals surface area contributed by atoms with Crippen molar-refractivity contribution in [1.29, 1.82) is 0 Å². The molecule has 1 aliphatic rings. The van der Waals surface area contributed by atoms with Crippen LogP contribution in [0.3, 0.4) is 0 Å². The van der Waals surface area contributed by atoms with Crippen LogP contribution in [-0.4, -0.2) is 80.4 Å². The van der Waals surface area contributed by atoms with E-state index in [0.717, 1.165) is 6.54 Å². The summed E-state index contributed by atoms with van der Waals surface area (Å²) in [5.74, 6) is -0.352. The zero-order chi connectivity index (χ0) is 24.7. The van der Waals surface area contributed by atoms with Crippen molar-refractivity contribution >= 4 is 22.5 Å². The molecule has 1 saturated heterocycles. The number of alkyl halides is 3. The summed E-state index contributed by atoms with van der Waals surface area (Å²) in [4.78, 5) is 6.27. The molecule has 9 nitrogen and oxygen atoms in total. The van der Waals surface area contributed by atoms with Gasteiger partial charge in [0.25, 0.3) is 0 Å². The lowest BCUT2D eigenvalue weighted by molar-refractivity contribution is 0.130. The summed E-state index contributed by atoms with van der Waals surface area (Å²) in [6, 6.07) is 4.46. The van der Waals surface area contributed by atoms with E-state index in [0.29, 0.717) is 29.6 Å². The molecule has 0 spiro atoms. The highest BCUT2D eigenvalue weighted by Crippen LogP contribution is 2.35. The van der Waals surface area contributed by atoms with E-state index in [4.69, 9.17) is 4.74 Å². The van der Waals surface area contributed by atoms with Crippen LogP contribution >= 0.6 is 0 Å². The van der Waals surface area contributed by atoms with Crippen LogP contribution in [0.5, 0.6) is 5.88 Å². The number of nitrogens with one attached hydrogen (secondary N) is 1. The first-order valence-corrected chi connectivity index (χ1v) is 11.2. The number of anilines is 1. The first-order valence-electron chi connectivity index (χ1n) is 11.2. The van der Waals surface area contributed by atoms with Gasteiger partial charge in [0, 0.05) is 26.1 Å². The van der Waals surface area contributed by atoms with Crippen LogP contribution in [0.4, 0.5) is 23.5 Å². The standard InChI is InChI=1S/C22H24F4N8O/c1-32-7-5-15(13(23)10-32)27-22-28-21(35-2)20-19(14(24)11-34(20)30-22)12-3-4-16-17(9-12)33(31-29-16)8-6-18(25)26/h3-4,9,11,13,15,18H,5-8,10H2,1-2H3,(H,27,30)/t13-,15+/m1/s1. The Balaban J connectivity index is 1.53. The normalized spacial score (nSPS) is 19.2. The predicted octanol–water partition coefficient (Wildman–Crippen LogP) is 3.40. The minimum absolute atomic E-state index is 0.0232. The van der Waals surface area contributed by atoms with Crippen molar-refractivity contribution in [1.82, 2.24) is 34.5 Å². The summed E-state index contributed by atoms with van der Waals surface area (Å²) in [6.45, 7) is 1.00. The molecule has 1 N–H and O–H groups in total. The summed E-state index contributed by atoms with van der Waals surface area (Å²) in [6.07, 6.45) is -2.19. The Labute approximate surface area is 197 Å². The second-order valence-electron chi connectivity index (χ2n) is 8.60. The number of ether oxygens (including phenoxy) is 1. The highest BCUT2D eigenvalue weighted by Gasteiger charge is 2.29. The highest BCUT2D eigenvalue weighted by molar-refractivity contribution is 5.89. The number of hydrogen-bond acceptors (Lipinski definition) is 7. The molecule has 186 valence electrons. The van der Waals surface area contributed by atoms with E-state index in [1.54, 1.807) is 18.2 Å². The smallest absolute Gasteiger partial charge is 0.244 e. The molecule has 0 aliphatic carbocycles. The molecule has 4 heterocycles. The van der Waals surface area contributed by atoms with Crippen molar-refractivity contribution in [2.24, 2.45) is 0 Å². The fraction of sp³-hybridized carbons (Fsp3) is 0.455. The fourth-order valence-corrected chi connectivity index (χ4v) is 4.39. The number of hydrogen-bond donors (Lipinski definition) is 1. The van der Waals surface area contributed by atoms with Gasteiger partial charge in [-0.3, -0.25) is 0 Å². The lowest BCUT2D eigenvalue weighted by Crippen LogP contribution is -2.46. The highest BCUT2D eigenvalue weighted by atomic mass is 19.3. The summed E-state index contributed by atoms with van der Waals surface area (Å²) >= 11 is 0. The number of nitrogens with zero attached hydrogens (tertiary/aromatic N) is 7. The maximum atomic E-state index is 15.2. The van der Waals surface area contributed by atoms with Crippen LogP contribution in [0.1, 0.15) is 12.8 Å². The third kappa shape index (κ3) is 4.47. The third-order valence-corrected chi connectivity index (χ3v) is 6.17. The number of likely N-dealkylation sites (tertiary alicyclic amines) is 1. The number of fused-ring (bicyclic) bond motifs is 2. The van der Waals surface area contributed by atoms with Gasteiger partial charge in [-0.25, -0.2) is 26.8 Å². The maximum absolute atomic E-state index is 15.2. The van der Waals surface area contributed by atoms with E-state index in [-0.39, 0.29) is 35.9 Å². The molecule has 0 bridgehead atoms. The average Bonchev–Trinajstić information content (AvgIpc) is 3.38. The van der Waals surface area contributed by atoms with Gasteiger partial charge in [0.2, 0.25) is 18.3 Å². The summed E-state index contributed by atoms with van der Waals surface area (Å²) in [7, 11) is 3.26. The van der Waals surface area contributed by atoms with E-state index in [1.165, 1.54) is 22.5 Å². The van der Waals surface area contributed by atoms with Crippen molar-refractivity contribution < 1.29 is 22.3 Å². The Morgan fingerprint density at radius 3 is 2.86 bits per heavy atom. The van der Waals surface area contributed by atoms with Crippen LogP contribution in [0.2, 0.25) is 0 Å². The van der Waals surface area contributed by atoms with Gasteiger partial charge in [0.15, 0.2) is 5.82 Å². The molecule has 0 radical (unpaired) electrons. The molecule has 35 heavy (non-hydrogen) atoms. The average molecular weight is 492 g/mol. The van der Waals surface area contributed by atoms with Gasteiger partial charge in [-0.05, 0) is 31.2 Å². The minimum atomic E-state index is -2.48. The number of aromatic nitrogens is 6. The Morgan fingerprint density at radius 1 is 1.29 bits per heavy atom. The topological polar surface area (TPSA) is 85.4 Å². The van der Waals surface area contributed by atoms with Crippen LogP contribution in [0.25, 0.3) is 27.7 Å². The van der Waals surface area contributed by atoms with E-state index in [2.05, 4.69) is 25.7 Å². The van der Waals surface area contributed by atoms with Crippen molar-refractivity contribution in [3.63, 3.8) is 0 Å². The molecule has 4 aromatic rings. The molecule has 3 aromatic heterocycles. The van der Waals surface area contributed by atoms with Crippen LogP contribution < -0.4 is 10.1 Å². The molecule has 1 aromatic carbocycles. The lowest BCUT2D eigenvalue weighted by atomic mass is 10.0. The van der Waals surface area contributed by atoms with Crippen molar-refractivity contribution in [2.45, 2.75) is 38.0 Å². The van der Waals surface area contributed by atoms with Crippen molar-refractivity contribution in [2.75, 3.05) is 32.6 Å². The largest absolute Gasteiger partial charge is 0.479 e. The molecule has 13 heteroatoms. The molecular formula is C22H24F4N8O. The Morgan fingerprint density at radius 2 is 2.11 bits per heavy atom. The van der Waals surface area contributed by atoms with Gasteiger partial charge in [-0.15, -0.1) is 10.2 Å². The van der Waals surface area contributed by atoms with Gasteiger partial charge in [0.1, 0.15) is 17.2 Å². The molecule has 0 unspecified atom stereocenters. The molecule has 0 saturated carbocycles. The van der Waals surface area contributed by atoms with Crippen LogP contribution in [0, 0.1) is 5.82 Å². The quantitative estimate of drug-likeness (QED) is 0.396. The SMILES string of the molecule is COc1nc(N[C@H]2CCN(C)C[C@H]2F)nn2cc(F)c(-c3ccc4nnn(CCC(F)F)c4c3)c12. The van der Waals surface area contributed by atoms with Gasteiger partial charge in [0.05, 0.1) is 30.4 Å². The molecular weight excluding hydrogens is 468 g/mol. The molecule has 0 amide bonds. The van der Waals surface area contributed by atoms with E-state index in [1.807, 2.05) is 11.9 Å². The first kappa shape index (κ1) is 23.3. The molecule has 5 rings (SSSR count). The number of methoxy groups -OCH3 is 1. The molecule has 2 atom stereocenters. The molecule has 1 fully saturated rings. The minimum Gasteiger partial charge on any atom is -0.479 e. The number of halogens is 4. The van der Waals surface area contributed by atoms with Crippen molar-refractivity contribution in [3.05, 3.63) is 30.2 Å². The number of benzene rings is 1. The Bertz CT molecular complexity index is 1360. The second-order valence-corrected chi connectivity index (χ2v) is 8.60. The predicted molar refractivity (Wildman–Crippen MR) is 121 cm³/mol. The Kier molecular flexibility index (Phi) is 6.17. The van der Waals surface area contributed by atoms with Crippen LogP contribution in [-0.2, 0) is 6.54 Å². The monoisotopic (exact) mass is 492 g/mol. The lowest BCUT2D eigenvalue weighted by Gasteiger charge is -2.32. The van der Waals surface area contributed by atoms with Crippen molar-refractivity contribution in [3.8, 4) is 17.0 Å². The van der Waals surface area contributed by atoms with Crippen LogP contribution in [0.15, 0.2) is 24.4 Å². The first-order chi connectivity index (χ1) is 16.8. The summed E-state index contributed by atoms with van der Waals surface area (Å²) < 4.78 is 63.2.